The molecule has 1 unspecified atom stereocenters. The highest BCUT2D eigenvalue weighted by atomic mass is 32.2. The fraction of sp³-hybridized carbons (Fsp3) is 0.647. The van der Waals surface area contributed by atoms with Crippen LogP contribution in [0.1, 0.15) is 18.4 Å². The summed E-state index contributed by atoms with van der Waals surface area (Å²) in [7, 11) is -1.98. The number of halogens is 2. The summed E-state index contributed by atoms with van der Waals surface area (Å²) in [6.45, 7) is 1.62. The van der Waals surface area contributed by atoms with E-state index in [0.29, 0.717) is 24.9 Å². The molecule has 0 aromatic heterocycles. The largest absolute Gasteiger partial charge is 0.431 e. The third-order valence-corrected chi connectivity index (χ3v) is 5.07. The van der Waals surface area contributed by atoms with Crippen LogP contribution in [0.15, 0.2) is 24.3 Å². The van der Waals surface area contributed by atoms with Gasteiger partial charge >= 0.3 is 6.11 Å². The smallest absolute Gasteiger partial charge is 0.410 e. The Bertz CT molecular complexity index is 700. The number of piperidine rings is 1. The first-order valence-corrected chi connectivity index (χ1v) is 10.3. The van der Waals surface area contributed by atoms with Gasteiger partial charge in [-0.2, -0.15) is 8.78 Å². The highest BCUT2D eigenvalue weighted by molar-refractivity contribution is 7.88. The molecule has 2 atom stereocenters. The molecule has 0 bridgehead atoms. The Morgan fingerprint density at radius 1 is 1.35 bits per heavy atom. The van der Waals surface area contributed by atoms with Gasteiger partial charge in [0.05, 0.1) is 12.9 Å². The minimum atomic E-state index is -3.45. The molecule has 148 valence electrons. The molecule has 26 heavy (non-hydrogen) atoms. The number of benzene rings is 1. The first kappa shape index (κ1) is 21.0. The molecule has 2 rings (SSSR count). The maximum absolute atomic E-state index is 14.5. The van der Waals surface area contributed by atoms with Crippen molar-refractivity contribution in [2.24, 2.45) is 0 Å². The van der Waals surface area contributed by atoms with E-state index in [4.69, 9.17) is 9.47 Å². The summed E-state index contributed by atoms with van der Waals surface area (Å²) in [6, 6.07) is 5.62. The molecule has 1 aromatic carbocycles. The summed E-state index contributed by atoms with van der Waals surface area (Å²) < 4.78 is 64.8. The van der Waals surface area contributed by atoms with Gasteiger partial charge in [-0.15, -0.1) is 0 Å². The number of hydrogen-bond donors (Lipinski definition) is 1. The van der Waals surface area contributed by atoms with Gasteiger partial charge in [-0.25, -0.2) is 13.1 Å². The van der Waals surface area contributed by atoms with Crippen molar-refractivity contribution in [2.75, 3.05) is 33.1 Å². The number of ether oxygens (including phenoxy) is 2. The van der Waals surface area contributed by atoms with Gasteiger partial charge in [-0.05, 0) is 37.9 Å². The van der Waals surface area contributed by atoms with Crippen molar-refractivity contribution in [2.45, 2.75) is 38.0 Å². The van der Waals surface area contributed by atoms with Crippen LogP contribution < -0.4 is 9.46 Å². The monoisotopic (exact) mass is 392 g/mol. The molecule has 1 saturated heterocycles. The zero-order chi connectivity index (χ0) is 19.4. The van der Waals surface area contributed by atoms with Gasteiger partial charge in [-0.1, -0.05) is 18.2 Å². The lowest BCUT2D eigenvalue weighted by atomic mass is 9.97. The van der Waals surface area contributed by atoms with Gasteiger partial charge in [0.2, 0.25) is 10.0 Å². The number of nitrogens with one attached hydrogen (secondary N) is 1. The van der Waals surface area contributed by atoms with E-state index in [-0.39, 0.29) is 12.4 Å². The molecular weight excluding hydrogens is 366 g/mol. The molecule has 1 aliphatic heterocycles. The number of nitrogens with zero attached hydrogens (tertiary/aromatic N) is 1. The number of rotatable bonds is 8. The van der Waals surface area contributed by atoms with Crippen LogP contribution >= 0.6 is 0 Å². The van der Waals surface area contributed by atoms with Gasteiger partial charge in [-0.3, -0.25) is 4.90 Å². The molecule has 1 N–H and O–H groups in total. The molecular formula is C17H26F2N2O4S. The van der Waals surface area contributed by atoms with Crippen LogP contribution in [0.3, 0.4) is 0 Å². The van der Waals surface area contributed by atoms with Crippen molar-refractivity contribution in [3.05, 3.63) is 29.8 Å². The lowest BCUT2D eigenvalue weighted by Crippen LogP contribution is -2.59. The van der Waals surface area contributed by atoms with Gasteiger partial charge in [0.1, 0.15) is 12.3 Å². The zero-order valence-corrected chi connectivity index (χ0v) is 16.1. The third kappa shape index (κ3) is 6.15. The summed E-state index contributed by atoms with van der Waals surface area (Å²) in [5, 5.41) is 0. The second-order valence-electron chi connectivity index (χ2n) is 6.64. The van der Waals surface area contributed by atoms with Crippen molar-refractivity contribution in [1.29, 1.82) is 0 Å². The van der Waals surface area contributed by atoms with Crippen LogP contribution in [-0.4, -0.2) is 64.6 Å². The topological polar surface area (TPSA) is 67.9 Å². The second kappa shape index (κ2) is 8.60. The van der Waals surface area contributed by atoms with E-state index in [1.54, 1.807) is 25.1 Å². The maximum atomic E-state index is 14.5. The Kier molecular flexibility index (Phi) is 6.95. The molecule has 0 saturated carbocycles. The Morgan fingerprint density at radius 2 is 2.04 bits per heavy atom. The molecule has 1 aromatic rings. The molecule has 9 heteroatoms. The predicted octanol–water partition coefficient (Wildman–Crippen LogP) is 2.00. The van der Waals surface area contributed by atoms with E-state index in [9.17, 15) is 17.2 Å². The fourth-order valence-corrected chi connectivity index (χ4v) is 4.05. The van der Waals surface area contributed by atoms with E-state index in [1.807, 2.05) is 0 Å². The van der Waals surface area contributed by atoms with Crippen LogP contribution in [0.4, 0.5) is 8.78 Å². The first-order valence-electron chi connectivity index (χ1n) is 8.44. The van der Waals surface area contributed by atoms with E-state index in [1.165, 1.54) is 18.1 Å². The highest BCUT2D eigenvalue weighted by Gasteiger charge is 2.41. The Hall–Kier alpha value is -1.29. The van der Waals surface area contributed by atoms with Gasteiger partial charge < -0.3 is 9.47 Å². The van der Waals surface area contributed by atoms with E-state index < -0.39 is 34.8 Å². The molecule has 0 aliphatic carbocycles. The normalized spacial score (nSPS) is 22.3. The standard InChI is InChI=1S/C17H26F2N2O4S/c1-13-7-4-5-9-16(13)25-17(18,19)12-21-10-6-8-14(15(21)11-24-2)20-26(3,22)23/h4-5,7,9,14-15,20H,6,8,10-12H2,1-3H3/t14?,15-/m0/s1. The lowest BCUT2D eigenvalue weighted by molar-refractivity contribution is -0.196. The average molecular weight is 392 g/mol. The van der Waals surface area contributed by atoms with Crippen molar-refractivity contribution in [3.63, 3.8) is 0 Å². The Labute approximate surface area is 153 Å². The molecule has 1 fully saturated rings. The number of likely N-dealkylation sites (tertiary alicyclic amines) is 1. The Morgan fingerprint density at radius 3 is 2.65 bits per heavy atom. The van der Waals surface area contributed by atoms with Gasteiger partial charge in [0.25, 0.3) is 0 Å². The number of hydrogen-bond acceptors (Lipinski definition) is 5. The quantitative estimate of drug-likeness (QED) is 0.733. The maximum Gasteiger partial charge on any atom is 0.410 e. The molecule has 1 heterocycles. The third-order valence-electron chi connectivity index (χ3n) is 4.34. The first-order chi connectivity index (χ1) is 12.1. The van der Waals surface area contributed by atoms with Crippen molar-refractivity contribution >= 4 is 10.0 Å². The van der Waals surface area contributed by atoms with E-state index in [0.717, 1.165) is 6.26 Å². The van der Waals surface area contributed by atoms with Crippen molar-refractivity contribution in [1.82, 2.24) is 9.62 Å². The number of sulfonamides is 1. The van der Waals surface area contributed by atoms with Gasteiger partial charge in [0.15, 0.2) is 0 Å². The summed E-state index contributed by atoms with van der Waals surface area (Å²) in [4.78, 5) is 1.54. The van der Waals surface area contributed by atoms with Crippen LogP contribution in [0.5, 0.6) is 5.75 Å². The van der Waals surface area contributed by atoms with Crippen LogP contribution in [0.2, 0.25) is 0 Å². The molecule has 0 spiro atoms. The minimum Gasteiger partial charge on any atom is -0.431 e. The molecule has 1 aliphatic rings. The fourth-order valence-electron chi connectivity index (χ4n) is 3.23. The summed E-state index contributed by atoms with van der Waals surface area (Å²) in [5.41, 5.74) is 0.621. The van der Waals surface area contributed by atoms with E-state index in [2.05, 4.69) is 4.72 Å². The number of para-hydroxylation sites is 1. The van der Waals surface area contributed by atoms with E-state index >= 15 is 0 Å². The lowest BCUT2D eigenvalue weighted by Gasteiger charge is -2.41. The highest BCUT2D eigenvalue weighted by Crippen LogP contribution is 2.28. The number of methoxy groups -OCH3 is 1. The second-order valence-corrected chi connectivity index (χ2v) is 8.42. The molecule has 0 radical (unpaired) electrons. The molecule has 0 amide bonds. The number of alkyl halides is 2. The van der Waals surface area contributed by atoms with Crippen LogP contribution in [-0.2, 0) is 14.8 Å². The minimum absolute atomic E-state index is 0.128. The summed E-state index contributed by atoms with van der Waals surface area (Å²) >= 11 is 0. The molecule has 6 nitrogen and oxygen atoms in total. The van der Waals surface area contributed by atoms with Gasteiger partial charge in [0, 0.05) is 19.2 Å². The van der Waals surface area contributed by atoms with Crippen molar-refractivity contribution in [3.8, 4) is 5.75 Å². The number of aryl methyl sites for hydroxylation is 1. The summed E-state index contributed by atoms with van der Waals surface area (Å²) in [5.74, 6) is 0.128. The van der Waals surface area contributed by atoms with Crippen LogP contribution in [0, 0.1) is 6.92 Å². The average Bonchev–Trinajstić information content (AvgIpc) is 2.51. The summed E-state index contributed by atoms with van der Waals surface area (Å²) in [6.07, 6.45) is -1.17. The Balaban J connectivity index is 2.12. The predicted molar refractivity (Wildman–Crippen MR) is 95.0 cm³/mol. The van der Waals surface area contributed by atoms with Crippen molar-refractivity contribution < 1.29 is 26.7 Å². The van der Waals surface area contributed by atoms with Crippen LogP contribution in [0.25, 0.3) is 0 Å². The SMILES string of the molecule is COC[C@H]1C(NS(C)(=O)=O)CCCN1CC(F)(F)Oc1ccccc1C. The zero-order valence-electron chi connectivity index (χ0n) is 15.2.